The summed E-state index contributed by atoms with van der Waals surface area (Å²) >= 11 is 0. The Labute approximate surface area is 83.9 Å². The zero-order chi connectivity index (χ0) is 10.2. The molecule has 0 spiro atoms. The lowest BCUT2D eigenvalue weighted by molar-refractivity contribution is -0.109. The van der Waals surface area contributed by atoms with Crippen LogP contribution in [0.2, 0.25) is 0 Å². The van der Waals surface area contributed by atoms with Crippen LogP contribution in [0, 0.1) is 0 Å². The van der Waals surface area contributed by atoms with E-state index in [2.05, 4.69) is 5.32 Å². The molecule has 0 bridgehead atoms. The van der Waals surface area contributed by atoms with Gasteiger partial charge in [-0.15, -0.1) is 0 Å². The van der Waals surface area contributed by atoms with Crippen molar-refractivity contribution in [2.75, 3.05) is 13.2 Å². The van der Waals surface area contributed by atoms with Gasteiger partial charge in [0.2, 0.25) is 6.41 Å². The van der Waals surface area contributed by atoms with Gasteiger partial charge in [0.15, 0.2) is 0 Å². The van der Waals surface area contributed by atoms with Crippen molar-refractivity contribution >= 4 is 6.41 Å². The van der Waals surface area contributed by atoms with E-state index >= 15 is 0 Å². The zero-order valence-corrected chi connectivity index (χ0v) is 8.24. The number of aliphatic hydroxyl groups is 1. The Balaban J connectivity index is 2.18. The number of carbonyl (C=O) groups excluding carboxylic acids is 1. The summed E-state index contributed by atoms with van der Waals surface area (Å²) in [6.45, 7) is 1.03. The summed E-state index contributed by atoms with van der Waals surface area (Å²) in [5.41, 5.74) is 0. The molecule has 0 radical (unpaired) electrons. The fourth-order valence-corrected chi connectivity index (χ4v) is 1.48. The van der Waals surface area contributed by atoms with E-state index in [1.54, 1.807) is 6.08 Å². The molecule has 0 aliphatic carbocycles. The third-order valence-corrected chi connectivity index (χ3v) is 2.26. The van der Waals surface area contributed by atoms with Crippen molar-refractivity contribution < 1.29 is 14.6 Å². The van der Waals surface area contributed by atoms with E-state index in [-0.39, 0.29) is 18.4 Å². The topological polar surface area (TPSA) is 58.6 Å². The number of hydrogen-bond donors (Lipinski definition) is 2. The third kappa shape index (κ3) is 4.28. The molecule has 2 N–H and O–H groups in total. The molecule has 1 rings (SSSR count). The molecule has 1 unspecified atom stereocenters. The normalized spacial score (nSPS) is 23.1. The second-order valence-corrected chi connectivity index (χ2v) is 3.42. The first kappa shape index (κ1) is 11.0. The van der Waals surface area contributed by atoms with Crippen molar-refractivity contribution in [3.63, 3.8) is 0 Å². The van der Waals surface area contributed by atoms with E-state index in [1.807, 2.05) is 0 Å². The van der Waals surface area contributed by atoms with E-state index in [9.17, 15) is 9.90 Å². The molecule has 1 amide bonds. The van der Waals surface area contributed by atoms with Gasteiger partial charge >= 0.3 is 0 Å². The van der Waals surface area contributed by atoms with Gasteiger partial charge in [-0.2, -0.15) is 0 Å². The summed E-state index contributed by atoms with van der Waals surface area (Å²) in [6, 6.07) is 0. The van der Waals surface area contributed by atoms with Crippen molar-refractivity contribution in [3.05, 3.63) is 11.8 Å². The van der Waals surface area contributed by atoms with Crippen molar-refractivity contribution in [3.8, 4) is 0 Å². The average Bonchev–Trinajstić information content (AvgIpc) is 2.25. The fraction of sp³-hybridized carbons (Fsp3) is 0.700. The average molecular weight is 199 g/mol. The highest BCUT2D eigenvalue weighted by Crippen LogP contribution is 2.16. The van der Waals surface area contributed by atoms with Crippen molar-refractivity contribution in [2.24, 2.45) is 0 Å². The van der Waals surface area contributed by atoms with Crippen molar-refractivity contribution in [1.29, 1.82) is 0 Å². The van der Waals surface area contributed by atoms with Gasteiger partial charge in [-0.1, -0.05) is 0 Å². The lowest BCUT2D eigenvalue weighted by Crippen LogP contribution is -2.19. The molecule has 4 nitrogen and oxygen atoms in total. The minimum absolute atomic E-state index is 0.200. The predicted molar refractivity (Wildman–Crippen MR) is 53.0 cm³/mol. The van der Waals surface area contributed by atoms with Crippen LogP contribution in [0.3, 0.4) is 0 Å². The smallest absolute Gasteiger partial charge is 0.207 e. The Morgan fingerprint density at radius 3 is 3.07 bits per heavy atom. The number of amides is 1. The van der Waals surface area contributed by atoms with Gasteiger partial charge in [0, 0.05) is 6.61 Å². The lowest BCUT2D eigenvalue weighted by atomic mass is 10.1. The number of rotatable bonds is 5. The van der Waals surface area contributed by atoms with Crippen LogP contribution < -0.4 is 5.32 Å². The van der Waals surface area contributed by atoms with Gasteiger partial charge in [0.25, 0.3) is 0 Å². The van der Waals surface area contributed by atoms with Crippen LogP contribution in [0.4, 0.5) is 0 Å². The summed E-state index contributed by atoms with van der Waals surface area (Å²) in [6.07, 6.45) is 6.65. The molecule has 1 aliphatic rings. The standard InChI is InChI=1S/C10H17NO3/c12-8-11-7-9(13)4-5-10-3-1-2-6-14-10/h4,8,10,13H,1-3,5-7H2,(H,11,12)/b9-4-. The van der Waals surface area contributed by atoms with Crippen LogP contribution in [0.25, 0.3) is 0 Å². The molecule has 1 aliphatic heterocycles. The van der Waals surface area contributed by atoms with Crippen LogP contribution in [-0.2, 0) is 9.53 Å². The summed E-state index contributed by atoms with van der Waals surface area (Å²) in [7, 11) is 0. The Morgan fingerprint density at radius 1 is 1.57 bits per heavy atom. The highest BCUT2D eigenvalue weighted by Gasteiger charge is 2.12. The van der Waals surface area contributed by atoms with Crippen molar-refractivity contribution in [1.82, 2.24) is 5.32 Å². The van der Waals surface area contributed by atoms with Crippen LogP contribution in [0.1, 0.15) is 25.7 Å². The fourth-order valence-electron chi connectivity index (χ4n) is 1.48. The minimum atomic E-state index is 0.200. The SMILES string of the molecule is O=CNC/C(O)=C/CC1CCCCO1. The molecule has 0 aromatic carbocycles. The first-order valence-electron chi connectivity index (χ1n) is 4.99. The number of carbonyl (C=O) groups is 1. The molecule has 1 heterocycles. The van der Waals surface area contributed by atoms with Gasteiger partial charge < -0.3 is 15.2 Å². The molecule has 1 atom stereocenters. The number of ether oxygens (including phenoxy) is 1. The molecule has 80 valence electrons. The number of hydrogen-bond acceptors (Lipinski definition) is 3. The monoisotopic (exact) mass is 199 g/mol. The molecule has 0 aromatic rings. The summed E-state index contributed by atoms with van der Waals surface area (Å²) < 4.78 is 5.49. The molecular formula is C10H17NO3. The van der Waals surface area contributed by atoms with E-state index < -0.39 is 0 Å². The van der Waals surface area contributed by atoms with Gasteiger partial charge in [0.1, 0.15) is 5.76 Å². The highest BCUT2D eigenvalue weighted by molar-refractivity contribution is 5.46. The largest absolute Gasteiger partial charge is 0.511 e. The van der Waals surface area contributed by atoms with Gasteiger partial charge in [0.05, 0.1) is 12.6 Å². The van der Waals surface area contributed by atoms with Crippen LogP contribution >= 0.6 is 0 Å². The Morgan fingerprint density at radius 2 is 2.43 bits per heavy atom. The molecule has 1 fully saturated rings. The summed E-state index contributed by atoms with van der Waals surface area (Å²) in [5, 5.41) is 11.7. The Bertz CT molecular complexity index is 198. The van der Waals surface area contributed by atoms with Crippen LogP contribution in [0.5, 0.6) is 0 Å². The van der Waals surface area contributed by atoms with E-state index in [1.165, 1.54) is 6.42 Å². The minimum Gasteiger partial charge on any atom is -0.511 e. The molecule has 14 heavy (non-hydrogen) atoms. The molecular weight excluding hydrogens is 182 g/mol. The summed E-state index contributed by atoms with van der Waals surface area (Å²) in [5.74, 6) is 0.200. The molecule has 4 heteroatoms. The van der Waals surface area contributed by atoms with Gasteiger partial charge in [-0.25, -0.2) is 0 Å². The molecule has 1 saturated heterocycles. The quantitative estimate of drug-likeness (QED) is 0.515. The third-order valence-electron chi connectivity index (χ3n) is 2.26. The molecule has 0 aromatic heterocycles. The Kier molecular flexibility index (Phi) is 5.07. The maximum absolute atomic E-state index is 9.94. The highest BCUT2D eigenvalue weighted by atomic mass is 16.5. The van der Waals surface area contributed by atoms with Crippen LogP contribution in [-0.4, -0.2) is 30.8 Å². The van der Waals surface area contributed by atoms with E-state index in [0.717, 1.165) is 25.9 Å². The second-order valence-electron chi connectivity index (χ2n) is 3.42. The number of aliphatic hydroxyl groups excluding tert-OH is 1. The maximum atomic E-state index is 9.94. The van der Waals surface area contributed by atoms with E-state index in [4.69, 9.17) is 4.74 Å². The summed E-state index contributed by atoms with van der Waals surface area (Å²) in [4.78, 5) is 9.94. The molecule has 0 saturated carbocycles. The first-order valence-corrected chi connectivity index (χ1v) is 4.99. The first-order chi connectivity index (χ1) is 6.83. The lowest BCUT2D eigenvalue weighted by Gasteiger charge is -2.21. The zero-order valence-electron chi connectivity index (χ0n) is 8.24. The maximum Gasteiger partial charge on any atom is 0.207 e. The second kappa shape index (κ2) is 6.43. The van der Waals surface area contributed by atoms with Crippen LogP contribution in [0.15, 0.2) is 11.8 Å². The van der Waals surface area contributed by atoms with E-state index in [0.29, 0.717) is 6.41 Å². The number of nitrogens with one attached hydrogen (secondary N) is 1. The van der Waals surface area contributed by atoms with Gasteiger partial charge in [-0.3, -0.25) is 4.79 Å². The Hall–Kier alpha value is -1.03. The predicted octanol–water partition coefficient (Wildman–Crippen LogP) is 1.13. The van der Waals surface area contributed by atoms with Crippen molar-refractivity contribution in [2.45, 2.75) is 31.8 Å². The van der Waals surface area contributed by atoms with Gasteiger partial charge in [-0.05, 0) is 31.8 Å².